The quantitative estimate of drug-likeness (QED) is 0.502. The standard InChI is InChI=1S/C15H15FN6O/c16-10-3-7-11(8-4-10)20-13(23)9-1-5-12(6-2-9)21-15(19)22-14(17)18/h1-8H,(H,20,23)(H6,17,18,19,21,22). The first-order chi connectivity index (χ1) is 10.9. The average Bonchev–Trinajstić information content (AvgIpc) is 2.49. The number of hydrogen-bond donors (Lipinski definition) is 4. The van der Waals surface area contributed by atoms with Crippen molar-refractivity contribution in [1.29, 1.82) is 0 Å². The van der Waals surface area contributed by atoms with Crippen molar-refractivity contribution in [2.45, 2.75) is 0 Å². The van der Waals surface area contributed by atoms with Crippen LogP contribution in [0, 0.1) is 5.82 Å². The van der Waals surface area contributed by atoms with Crippen molar-refractivity contribution in [1.82, 2.24) is 0 Å². The molecule has 0 spiro atoms. The molecular weight excluding hydrogens is 299 g/mol. The van der Waals surface area contributed by atoms with E-state index in [0.29, 0.717) is 16.9 Å². The summed E-state index contributed by atoms with van der Waals surface area (Å²) in [6.45, 7) is 0. The molecule has 0 radical (unpaired) electrons. The van der Waals surface area contributed by atoms with E-state index >= 15 is 0 Å². The lowest BCUT2D eigenvalue weighted by molar-refractivity contribution is 0.102. The Morgan fingerprint density at radius 1 is 0.957 bits per heavy atom. The van der Waals surface area contributed by atoms with Crippen LogP contribution in [0.3, 0.4) is 0 Å². The van der Waals surface area contributed by atoms with Crippen LogP contribution in [-0.4, -0.2) is 17.8 Å². The lowest BCUT2D eigenvalue weighted by atomic mass is 10.2. The Hall–Kier alpha value is -3.42. The molecule has 2 rings (SSSR count). The highest BCUT2D eigenvalue weighted by Gasteiger charge is 2.06. The number of nitrogens with two attached hydrogens (primary N) is 3. The van der Waals surface area contributed by atoms with Gasteiger partial charge in [0.1, 0.15) is 5.82 Å². The van der Waals surface area contributed by atoms with E-state index in [9.17, 15) is 9.18 Å². The molecule has 0 unspecified atom stereocenters. The summed E-state index contributed by atoms with van der Waals surface area (Å²) in [4.78, 5) is 19.6. The number of hydrogen-bond acceptors (Lipinski definition) is 2. The summed E-state index contributed by atoms with van der Waals surface area (Å²) in [5, 5.41) is 2.65. The maximum absolute atomic E-state index is 12.8. The number of rotatable bonds is 3. The molecule has 0 fully saturated rings. The van der Waals surface area contributed by atoms with Gasteiger partial charge in [0.15, 0.2) is 5.96 Å². The van der Waals surface area contributed by atoms with Crippen LogP contribution in [0.1, 0.15) is 10.4 Å². The molecule has 0 aromatic heterocycles. The number of nitrogens with zero attached hydrogens (tertiary/aromatic N) is 2. The Kier molecular flexibility index (Phi) is 4.88. The molecule has 7 nitrogen and oxygen atoms in total. The third-order valence-corrected chi connectivity index (χ3v) is 2.72. The Labute approximate surface area is 131 Å². The van der Waals surface area contributed by atoms with Gasteiger partial charge < -0.3 is 22.5 Å². The summed E-state index contributed by atoms with van der Waals surface area (Å²) < 4.78 is 12.8. The summed E-state index contributed by atoms with van der Waals surface area (Å²) in [5.41, 5.74) is 17.3. The maximum Gasteiger partial charge on any atom is 0.255 e. The smallest absolute Gasteiger partial charge is 0.255 e. The second kappa shape index (κ2) is 7.03. The number of aliphatic imine (C=N–C) groups is 2. The molecule has 7 N–H and O–H groups in total. The molecule has 0 saturated heterocycles. The average molecular weight is 314 g/mol. The number of carbonyl (C=O) groups is 1. The summed E-state index contributed by atoms with van der Waals surface area (Å²) in [6, 6.07) is 11.8. The second-order valence-electron chi connectivity index (χ2n) is 4.51. The van der Waals surface area contributed by atoms with Crippen LogP contribution < -0.4 is 22.5 Å². The van der Waals surface area contributed by atoms with Crippen molar-refractivity contribution >= 4 is 29.2 Å². The van der Waals surface area contributed by atoms with Gasteiger partial charge in [-0.25, -0.2) is 9.38 Å². The van der Waals surface area contributed by atoms with Crippen LogP contribution in [0.25, 0.3) is 0 Å². The van der Waals surface area contributed by atoms with Gasteiger partial charge in [0.05, 0.1) is 5.69 Å². The molecule has 2 aromatic rings. The first kappa shape index (κ1) is 16.0. The van der Waals surface area contributed by atoms with Crippen LogP contribution in [0.4, 0.5) is 15.8 Å². The van der Waals surface area contributed by atoms with E-state index in [4.69, 9.17) is 17.2 Å². The van der Waals surface area contributed by atoms with E-state index in [2.05, 4.69) is 15.3 Å². The lowest BCUT2D eigenvalue weighted by Gasteiger charge is -2.05. The number of carbonyl (C=O) groups excluding carboxylic acids is 1. The summed E-state index contributed by atoms with van der Waals surface area (Å²) in [5.74, 6) is -0.983. The van der Waals surface area contributed by atoms with Gasteiger partial charge in [0.2, 0.25) is 5.96 Å². The molecule has 0 aliphatic carbocycles. The Bertz CT molecular complexity index is 749. The number of halogens is 1. The van der Waals surface area contributed by atoms with E-state index in [-0.39, 0.29) is 23.6 Å². The predicted octanol–water partition coefficient (Wildman–Crippen LogP) is 1.30. The van der Waals surface area contributed by atoms with Crippen LogP contribution >= 0.6 is 0 Å². The van der Waals surface area contributed by atoms with Crippen molar-refractivity contribution in [2.24, 2.45) is 27.2 Å². The van der Waals surface area contributed by atoms with Gasteiger partial charge in [-0.2, -0.15) is 4.99 Å². The van der Waals surface area contributed by atoms with Gasteiger partial charge in [0.25, 0.3) is 5.91 Å². The van der Waals surface area contributed by atoms with Gasteiger partial charge in [0, 0.05) is 11.3 Å². The Morgan fingerprint density at radius 2 is 1.57 bits per heavy atom. The highest BCUT2D eigenvalue weighted by molar-refractivity contribution is 6.04. The van der Waals surface area contributed by atoms with Gasteiger partial charge in [-0.05, 0) is 48.5 Å². The first-order valence-electron chi connectivity index (χ1n) is 6.55. The molecule has 0 heterocycles. The van der Waals surface area contributed by atoms with E-state index in [1.54, 1.807) is 24.3 Å². The number of nitrogens with one attached hydrogen (secondary N) is 1. The zero-order valence-electron chi connectivity index (χ0n) is 12.0. The molecule has 0 aliphatic rings. The minimum Gasteiger partial charge on any atom is -0.370 e. The van der Waals surface area contributed by atoms with Gasteiger partial charge in [-0.15, -0.1) is 0 Å². The lowest BCUT2D eigenvalue weighted by Crippen LogP contribution is -2.26. The van der Waals surface area contributed by atoms with E-state index in [0.717, 1.165) is 0 Å². The van der Waals surface area contributed by atoms with Crippen molar-refractivity contribution in [3.05, 3.63) is 59.9 Å². The van der Waals surface area contributed by atoms with Crippen LogP contribution in [0.5, 0.6) is 0 Å². The van der Waals surface area contributed by atoms with E-state index in [1.807, 2.05) is 0 Å². The fraction of sp³-hybridized carbons (Fsp3) is 0. The molecule has 8 heteroatoms. The fourth-order valence-corrected chi connectivity index (χ4v) is 1.71. The van der Waals surface area contributed by atoms with Gasteiger partial charge >= 0.3 is 0 Å². The van der Waals surface area contributed by atoms with Crippen molar-refractivity contribution in [3.63, 3.8) is 0 Å². The number of amides is 1. The molecule has 1 amide bonds. The predicted molar refractivity (Wildman–Crippen MR) is 87.9 cm³/mol. The Morgan fingerprint density at radius 3 is 2.13 bits per heavy atom. The van der Waals surface area contributed by atoms with Crippen molar-refractivity contribution < 1.29 is 9.18 Å². The topological polar surface area (TPSA) is 132 Å². The van der Waals surface area contributed by atoms with Crippen molar-refractivity contribution in [2.75, 3.05) is 5.32 Å². The van der Waals surface area contributed by atoms with Gasteiger partial charge in [-0.3, -0.25) is 4.79 Å². The minimum absolute atomic E-state index is 0.0893. The van der Waals surface area contributed by atoms with Crippen molar-refractivity contribution in [3.8, 4) is 0 Å². The Balaban J connectivity index is 2.08. The monoisotopic (exact) mass is 314 g/mol. The molecule has 2 aromatic carbocycles. The summed E-state index contributed by atoms with van der Waals surface area (Å²) in [6.07, 6.45) is 0. The molecule has 0 saturated carbocycles. The number of guanidine groups is 2. The third kappa shape index (κ3) is 4.81. The number of benzene rings is 2. The molecule has 0 bridgehead atoms. The minimum atomic E-state index is -0.372. The SMILES string of the molecule is NC(N)=NC(N)=Nc1ccc(C(=O)Nc2ccc(F)cc2)cc1. The van der Waals surface area contributed by atoms with Gasteiger partial charge in [-0.1, -0.05) is 0 Å². The van der Waals surface area contributed by atoms with Crippen LogP contribution in [-0.2, 0) is 0 Å². The zero-order valence-corrected chi connectivity index (χ0v) is 12.0. The third-order valence-electron chi connectivity index (χ3n) is 2.72. The highest BCUT2D eigenvalue weighted by Crippen LogP contribution is 2.15. The summed E-state index contributed by atoms with van der Waals surface area (Å²) >= 11 is 0. The normalized spacial score (nSPS) is 10.9. The summed E-state index contributed by atoms with van der Waals surface area (Å²) in [7, 11) is 0. The van der Waals surface area contributed by atoms with Crippen LogP contribution in [0.2, 0.25) is 0 Å². The highest BCUT2D eigenvalue weighted by atomic mass is 19.1. The maximum atomic E-state index is 12.8. The molecule has 118 valence electrons. The van der Waals surface area contributed by atoms with E-state index in [1.165, 1.54) is 24.3 Å². The second-order valence-corrected chi connectivity index (χ2v) is 4.51. The molecule has 0 aliphatic heterocycles. The molecular formula is C15H15FN6O. The zero-order chi connectivity index (χ0) is 16.8. The fourth-order valence-electron chi connectivity index (χ4n) is 1.71. The molecule has 23 heavy (non-hydrogen) atoms. The van der Waals surface area contributed by atoms with Crippen LogP contribution in [0.15, 0.2) is 58.5 Å². The first-order valence-corrected chi connectivity index (χ1v) is 6.55. The number of anilines is 1. The molecule has 0 atom stereocenters. The largest absolute Gasteiger partial charge is 0.370 e. The van der Waals surface area contributed by atoms with E-state index < -0.39 is 0 Å².